The molecule has 3 aliphatic carbocycles. The van der Waals surface area contributed by atoms with Gasteiger partial charge < -0.3 is 4.57 Å². The second-order valence-corrected chi connectivity index (χ2v) is 17.8. The summed E-state index contributed by atoms with van der Waals surface area (Å²) in [5.74, 6) is 2.44. The lowest BCUT2D eigenvalue weighted by Gasteiger charge is -2.47. The van der Waals surface area contributed by atoms with E-state index >= 15 is 0 Å². The summed E-state index contributed by atoms with van der Waals surface area (Å²) >= 11 is 0. The summed E-state index contributed by atoms with van der Waals surface area (Å²) in [7, 11) is 0. The Morgan fingerprint density at radius 1 is 0.397 bits per heavy atom. The lowest BCUT2D eigenvalue weighted by Crippen LogP contribution is -2.42. The minimum atomic E-state index is -0.632. The molecular weight excluding hydrogens is 765 g/mol. The summed E-state index contributed by atoms with van der Waals surface area (Å²) in [4.78, 5) is 15.8. The van der Waals surface area contributed by atoms with Crippen LogP contribution in [0.25, 0.3) is 72.8 Å². The van der Waals surface area contributed by atoms with E-state index in [0.717, 1.165) is 16.7 Å². The van der Waals surface area contributed by atoms with Crippen LogP contribution in [0, 0.1) is 5.92 Å². The molecule has 8 aromatic carbocycles. The molecule has 2 aromatic heterocycles. The van der Waals surface area contributed by atoms with Crippen molar-refractivity contribution in [2.45, 2.75) is 16.7 Å². The van der Waals surface area contributed by atoms with Gasteiger partial charge in [-0.15, -0.1) is 0 Å². The first kappa shape index (κ1) is 33.7. The Balaban J connectivity index is 1.14. The maximum atomic E-state index is 5.35. The Bertz CT molecular complexity index is 3600. The van der Waals surface area contributed by atoms with Gasteiger partial charge >= 0.3 is 0 Å². The van der Waals surface area contributed by atoms with E-state index in [1.165, 1.54) is 83.1 Å². The predicted molar refractivity (Wildman–Crippen MR) is 252 cm³/mol. The summed E-state index contributed by atoms with van der Waals surface area (Å²) in [6.45, 7) is 0. The van der Waals surface area contributed by atoms with Crippen LogP contribution in [0.15, 0.2) is 206 Å². The molecule has 0 bridgehead atoms. The number of para-hydroxylation sites is 2. The lowest BCUT2D eigenvalue weighted by molar-refractivity contribution is 0.452. The van der Waals surface area contributed by atoms with Gasteiger partial charge in [0.2, 0.25) is 0 Å². The molecule has 10 aromatic rings. The molecule has 15 rings (SSSR count). The van der Waals surface area contributed by atoms with Crippen LogP contribution in [0.1, 0.15) is 50.4 Å². The SMILES string of the molecule is C1=CC2c3ccccc3C3(c4cccc5c4-n4c6c(cc(-c7nc(-c8ccccc8)nc(-c8ccccc8)n7)cc6c6cccc3c64)C53c4ccccc4-c4ccccc43)C2C=C1. The highest BCUT2D eigenvalue weighted by Crippen LogP contribution is 2.68. The number of fused-ring (bicyclic) bond motifs is 15. The van der Waals surface area contributed by atoms with Crippen molar-refractivity contribution < 1.29 is 0 Å². The predicted octanol–water partition coefficient (Wildman–Crippen LogP) is 13.1. The van der Waals surface area contributed by atoms with Gasteiger partial charge in [0.1, 0.15) is 0 Å². The van der Waals surface area contributed by atoms with Crippen LogP contribution in [0.5, 0.6) is 0 Å². The molecule has 4 heteroatoms. The van der Waals surface area contributed by atoms with Crippen LogP contribution in [0.2, 0.25) is 0 Å². The van der Waals surface area contributed by atoms with E-state index in [1.807, 2.05) is 36.4 Å². The van der Waals surface area contributed by atoms with Gasteiger partial charge in [0.05, 0.1) is 27.6 Å². The molecule has 0 radical (unpaired) electrons. The zero-order valence-electron chi connectivity index (χ0n) is 34.1. The number of hydrogen-bond donors (Lipinski definition) is 0. The van der Waals surface area contributed by atoms with Gasteiger partial charge in [-0.2, -0.15) is 0 Å². The molecule has 0 N–H and O–H groups in total. The van der Waals surface area contributed by atoms with Crippen LogP contribution in [-0.4, -0.2) is 19.5 Å². The number of hydrogen-bond acceptors (Lipinski definition) is 3. The molecule has 0 saturated heterocycles. The molecule has 4 heterocycles. The average molecular weight is 801 g/mol. The summed E-state index contributed by atoms with van der Waals surface area (Å²) in [5.41, 5.74) is 19.0. The van der Waals surface area contributed by atoms with E-state index in [0.29, 0.717) is 17.5 Å². The van der Waals surface area contributed by atoms with Gasteiger partial charge in [0.15, 0.2) is 17.5 Å². The van der Waals surface area contributed by atoms with Crippen LogP contribution < -0.4 is 0 Å². The first-order valence-electron chi connectivity index (χ1n) is 22.0. The van der Waals surface area contributed by atoms with E-state index in [-0.39, 0.29) is 11.8 Å². The third-order valence-corrected chi connectivity index (χ3v) is 15.1. The zero-order chi connectivity index (χ0) is 41.0. The van der Waals surface area contributed by atoms with Crippen molar-refractivity contribution in [2.75, 3.05) is 0 Å². The van der Waals surface area contributed by atoms with Crippen molar-refractivity contribution in [3.8, 4) is 51.0 Å². The summed E-state index contributed by atoms with van der Waals surface area (Å²) in [6, 6.07) is 67.3. The molecule has 63 heavy (non-hydrogen) atoms. The molecule has 292 valence electrons. The second-order valence-electron chi connectivity index (χ2n) is 17.8. The number of nitrogens with zero attached hydrogens (tertiary/aromatic N) is 4. The van der Waals surface area contributed by atoms with E-state index in [1.54, 1.807) is 0 Å². The Labute approximate surface area is 364 Å². The molecule has 0 saturated carbocycles. The molecule has 0 amide bonds. The highest BCUT2D eigenvalue weighted by molar-refractivity contribution is 6.16. The van der Waals surface area contributed by atoms with Gasteiger partial charge in [-0.05, 0) is 67.8 Å². The Kier molecular flexibility index (Phi) is 6.37. The second kappa shape index (κ2) is 11.9. The topological polar surface area (TPSA) is 43.6 Å². The van der Waals surface area contributed by atoms with Gasteiger partial charge in [0.25, 0.3) is 0 Å². The van der Waals surface area contributed by atoms with Crippen molar-refractivity contribution in [2.24, 2.45) is 5.92 Å². The Morgan fingerprint density at radius 3 is 1.65 bits per heavy atom. The smallest absolute Gasteiger partial charge is 0.164 e. The first-order chi connectivity index (χ1) is 31.3. The minimum absolute atomic E-state index is 0.206. The average Bonchev–Trinajstić information content (AvgIpc) is 3.96. The van der Waals surface area contributed by atoms with Crippen LogP contribution in [0.4, 0.5) is 0 Å². The lowest BCUT2D eigenvalue weighted by atomic mass is 9.58. The highest BCUT2D eigenvalue weighted by Gasteiger charge is 2.59. The van der Waals surface area contributed by atoms with Crippen molar-refractivity contribution in [3.05, 3.63) is 251 Å². The molecule has 3 atom stereocenters. The molecule has 0 fully saturated rings. The minimum Gasteiger partial charge on any atom is -0.308 e. The standard InChI is InChI=1S/C59H36N4/c1-3-17-35(18-4-1)55-60-56(36-19-5-2-6-20-36)62-57(61-55)37-33-43-42-25-15-30-48-52(42)63-53(43)51(34-37)59(46-28-13-9-23-40(46)41-24-10-14-29-47(41)59)50-32-16-31-49(54(50)63)58(48)44-26-11-7-21-38(44)39-22-8-12-27-45(39)58/h1-34,38,44H. The highest BCUT2D eigenvalue weighted by atomic mass is 15.0. The molecule has 3 unspecified atom stereocenters. The number of benzene rings is 8. The zero-order valence-corrected chi connectivity index (χ0v) is 34.1. The third-order valence-electron chi connectivity index (χ3n) is 15.1. The van der Waals surface area contributed by atoms with Crippen molar-refractivity contribution in [3.63, 3.8) is 0 Å². The maximum absolute atomic E-state index is 5.35. The van der Waals surface area contributed by atoms with Crippen LogP contribution in [0.3, 0.4) is 0 Å². The molecule has 2 spiro atoms. The van der Waals surface area contributed by atoms with E-state index < -0.39 is 10.8 Å². The van der Waals surface area contributed by atoms with Crippen molar-refractivity contribution in [1.29, 1.82) is 0 Å². The summed E-state index contributed by atoms with van der Waals surface area (Å²) < 4.78 is 2.67. The van der Waals surface area contributed by atoms with Gasteiger partial charge in [-0.1, -0.05) is 194 Å². The molecule has 5 aliphatic rings. The molecule has 4 nitrogen and oxygen atoms in total. The van der Waals surface area contributed by atoms with E-state index in [2.05, 4.69) is 174 Å². The fourth-order valence-electron chi connectivity index (χ4n) is 12.9. The van der Waals surface area contributed by atoms with E-state index in [4.69, 9.17) is 15.0 Å². The fourth-order valence-corrected chi connectivity index (χ4v) is 12.9. The van der Waals surface area contributed by atoms with Gasteiger partial charge in [-0.3, -0.25) is 0 Å². The van der Waals surface area contributed by atoms with Crippen molar-refractivity contribution >= 4 is 21.8 Å². The number of rotatable bonds is 3. The van der Waals surface area contributed by atoms with E-state index in [9.17, 15) is 0 Å². The molecular formula is C59H36N4. The Morgan fingerprint density at radius 2 is 0.937 bits per heavy atom. The normalized spacial score (nSPS) is 19.5. The Hall–Kier alpha value is -7.95. The van der Waals surface area contributed by atoms with Crippen molar-refractivity contribution in [1.82, 2.24) is 19.5 Å². The van der Waals surface area contributed by atoms with Crippen LogP contribution >= 0.6 is 0 Å². The largest absolute Gasteiger partial charge is 0.308 e. The maximum Gasteiger partial charge on any atom is 0.164 e. The monoisotopic (exact) mass is 800 g/mol. The number of aromatic nitrogens is 4. The fraction of sp³-hybridized carbons (Fsp3) is 0.0678. The first-order valence-corrected chi connectivity index (χ1v) is 22.0. The number of allylic oxidation sites excluding steroid dienone is 4. The summed E-state index contributed by atoms with van der Waals surface area (Å²) in [6.07, 6.45) is 9.47. The van der Waals surface area contributed by atoms with Crippen LogP contribution in [-0.2, 0) is 10.8 Å². The summed E-state index contributed by atoms with van der Waals surface area (Å²) in [5, 5.41) is 2.46. The van der Waals surface area contributed by atoms with Gasteiger partial charge in [0, 0.05) is 39.3 Å². The molecule has 2 aliphatic heterocycles. The third kappa shape index (κ3) is 3.97. The quantitative estimate of drug-likeness (QED) is 0.179. The van der Waals surface area contributed by atoms with Gasteiger partial charge in [-0.25, -0.2) is 15.0 Å².